The van der Waals surface area contributed by atoms with Crippen molar-refractivity contribution >= 4 is 17.3 Å². The van der Waals surface area contributed by atoms with E-state index in [4.69, 9.17) is 16.3 Å². The Labute approximate surface area is 106 Å². The van der Waals surface area contributed by atoms with E-state index in [1.807, 2.05) is 13.0 Å². The van der Waals surface area contributed by atoms with E-state index in [-0.39, 0.29) is 12.0 Å². The predicted molar refractivity (Wildman–Crippen MR) is 67.8 cm³/mol. The second-order valence-corrected chi connectivity index (χ2v) is 4.86. The molecule has 0 bridgehead atoms. The summed E-state index contributed by atoms with van der Waals surface area (Å²) in [7, 11) is 1.59. The quantitative estimate of drug-likeness (QED) is 0.879. The number of anilines is 1. The van der Waals surface area contributed by atoms with Crippen LogP contribution in [0.1, 0.15) is 13.3 Å². The van der Waals surface area contributed by atoms with Crippen LogP contribution in [0, 0.1) is 5.92 Å². The van der Waals surface area contributed by atoms with Crippen LogP contribution in [0.15, 0.2) is 12.3 Å². The minimum atomic E-state index is -0.214. The van der Waals surface area contributed by atoms with E-state index in [0.29, 0.717) is 10.9 Å². The van der Waals surface area contributed by atoms with Crippen molar-refractivity contribution in [3.8, 4) is 5.88 Å². The second-order valence-electron chi connectivity index (χ2n) is 4.46. The Bertz CT molecular complexity index is 400. The zero-order valence-electron chi connectivity index (χ0n) is 10.1. The number of nitrogens with zero attached hydrogens (tertiary/aromatic N) is 2. The van der Waals surface area contributed by atoms with Crippen LogP contribution < -0.4 is 9.64 Å². The highest BCUT2D eigenvalue weighted by atomic mass is 35.5. The summed E-state index contributed by atoms with van der Waals surface area (Å²) in [6.45, 7) is 3.65. The minimum Gasteiger partial charge on any atom is -0.481 e. The number of hydrogen-bond acceptors (Lipinski definition) is 4. The van der Waals surface area contributed by atoms with Crippen LogP contribution in [0.3, 0.4) is 0 Å². The molecule has 1 aromatic heterocycles. The third-order valence-electron chi connectivity index (χ3n) is 3.22. The Morgan fingerprint density at radius 2 is 2.35 bits per heavy atom. The summed E-state index contributed by atoms with van der Waals surface area (Å²) in [6.07, 6.45) is 2.15. The van der Waals surface area contributed by atoms with E-state index in [0.717, 1.165) is 25.2 Å². The maximum absolute atomic E-state index is 9.72. The Morgan fingerprint density at radius 3 is 3.00 bits per heavy atom. The lowest BCUT2D eigenvalue weighted by Crippen LogP contribution is -2.42. The summed E-state index contributed by atoms with van der Waals surface area (Å²) in [5.74, 6) is 0.808. The van der Waals surface area contributed by atoms with Crippen molar-refractivity contribution in [1.82, 2.24) is 4.98 Å². The van der Waals surface area contributed by atoms with Crippen LogP contribution in [0.5, 0.6) is 5.88 Å². The van der Waals surface area contributed by atoms with Gasteiger partial charge in [-0.05, 0) is 12.3 Å². The van der Waals surface area contributed by atoms with Gasteiger partial charge < -0.3 is 14.7 Å². The number of hydrogen-bond donors (Lipinski definition) is 1. The van der Waals surface area contributed by atoms with Gasteiger partial charge in [-0.3, -0.25) is 0 Å². The van der Waals surface area contributed by atoms with E-state index >= 15 is 0 Å². The average molecular weight is 257 g/mol. The molecule has 5 heteroatoms. The highest BCUT2D eigenvalue weighted by Crippen LogP contribution is 2.31. The number of pyridine rings is 1. The molecule has 94 valence electrons. The molecule has 2 rings (SSSR count). The third-order valence-corrected chi connectivity index (χ3v) is 3.51. The number of methoxy groups -OCH3 is 1. The Morgan fingerprint density at radius 1 is 1.59 bits per heavy atom. The standard InChI is InChI=1S/C12H17ClN2O2/c1-8-7-15(4-3-11(8)16)10-5-12(17-2)14-6-9(10)13/h5-6,8,11,16H,3-4,7H2,1-2H3/t8-,11+/m0/s1. The average Bonchev–Trinajstić information content (AvgIpc) is 2.33. The zero-order valence-corrected chi connectivity index (χ0v) is 10.8. The smallest absolute Gasteiger partial charge is 0.215 e. The van der Waals surface area contributed by atoms with Crippen LogP contribution in [-0.2, 0) is 0 Å². The molecule has 0 radical (unpaired) electrons. The molecule has 1 aromatic rings. The predicted octanol–water partition coefficient (Wildman–Crippen LogP) is 1.95. The Balaban J connectivity index is 2.21. The lowest BCUT2D eigenvalue weighted by molar-refractivity contribution is 0.0971. The SMILES string of the molecule is COc1cc(N2CC[C@@H](O)[C@@H](C)C2)c(Cl)cn1. The molecule has 0 amide bonds. The van der Waals surface area contributed by atoms with Crippen molar-refractivity contribution in [2.45, 2.75) is 19.4 Å². The molecule has 0 unspecified atom stereocenters. The molecular weight excluding hydrogens is 240 g/mol. The molecule has 1 aliphatic heterocycles. The lowest BCUT2D eigenvalue weighted by atomic mass is 9.96. The van der Waals surface area contributed by atoms with E-state index in [1.54, 1.807) is 13.3 Å². The molecule has 2 heterocycles. The number of halogens is 1. The van der Waals surface area contributed by atoms with Crippen LogP contribution in [-0.4, -0.2) is 36.4 Å². The van der Waals surface area contributed by atoms with E-state index in [2.05, 4.69) is 9.88 Å². The molecule has 1 saturated heterocycles. The van der Waals surface area contributed by atoms with Gasteiger partial charge in [0, 0.05) is 19.2 Å². The van der Waals surface area contributed by atoms with Gasteiger partial charge in [0.25, 0.3) is 0 Å². The second kappa shape index (κ2) is 5.10. The van der Waals surface area contributed by atoms with Gasteiger partial charge in [0.2, 0.25) is 5.88 Å². The van der Waals surface area contributed by atoms with Gasteiger partial charge in [-0.25, -0.2) is 4.98 Å². The van der Waals surface area contributed by atoms with Crippen molar-refractivity contribution in [3.05, 3.63) is 17.3 Å². The maximum Gasteiger partial charge on any atom is 0.215 e. The number of piperidine rings is 1. The molecule has 1 fully saturated rings. The molecule has 17 heavy (non-hydrogen) atoms. The summed E-state index contributed by atoms with van der Waals surface area (Å²) in [4.78, 5) is 6.23. The number of ether oxygens (including phenoxy) is 1. The highest BCUT2D eigenvalue weighted by Gasteiger charge is 2.25. The van der Waals surface area contributed by atoms with Gasteiger partial charge >= 0.3 is 0 Å². The van der Waals surface area contributed by atoms with Crippen molar-refractivity contribution in [1.29, 1.82) is 0 Å². The Kier molecular flexibility index (Phi) is 3.74. The summed E-state index contributed by atoms with van der Waals surface area (Å²) in [5.41, 5.74) is 0.928. The van der Waals surface area contributed by atoms with Crippen molar-refractivity contribution in [2.75, 3.05) is 25.1 Å². The fraction of sp³-hybridized carbons (Fsp3) is 0.583. The fourth-order valence-electron chi connectivity index (χ4n) is 2.12. The van der Waals surface area contributed by atoms with Crippen LogP contribution >= 0.6 is 11.6 Å². The first-order valence-electron chi connectivity index (χ1n) is 5.74. The van der Waals surface area contributed by atoms with Crippen molar-refractivity contribution in [2.24, 2.45) is 5.92 Å². The number of aromatic nitrogens is 1. The van der Waals surface area contributed by atoms with Crippen LogP contribution in [0.2, 0.25) is 5.02 Å². The van der Waals surface area contributed by atoms with Crippen molar-refractivity contribution in [3.63, 3.8) is 0 Å². The first kappa shape index (κ1) is 12.5. The van der Waals surface area contributed by atoms with Crippen LogP contribution in [0.4, 0.5) is 5.69 Å². The normalized spacial score (nSPS) is 24.8. The van der Waals surface area contributed by atoms with E-state index in [9.17, 15) is 5.11 Å². The van der Waals surface area contributed by atoms with Gasteiger partial charge in [0.1, 0.15) is 0 Å². The highest BCUT2D eigenvalue weighted by molar-refractivity contribution is 6.33. The number of aliphatic hydroxyl groups is 1. The van der Waals surface area contributed by atoms with E-state index in [1.165, 1.54) is 0 Å². The fourth-order valence-corrected chi connectivity index (χ4v) is 2.34. The molecule has 2 atom stereocenters. The van der Waals surface area contributed by atoms with E-state index < -0.39 is 0 Å². The first-order chi connectivity index (χ1) is 8.11. The zero-order chi connectivity index (χ0) is 12.4. The lowest BCUT2D eigenvalue weighted by Gasteiger charge is -2.36. The van der Waals surface area contributed by atoms with Gasteiger partial charge in [0.15, 0.2) is 0 Å². The Hall–Kier alpha value is -1.00. The molecular formula is C12H17ClN2O2. The first-order valence-corrected chi connectivity index (χ1v) is 6.12. The molecule has 0 aromatic carbocycles. The largest absolute Gasteiger partial charge is 0.481 e. The monoisotopic (exact) mass is 256 g/mol. The van der Waals surface area contributed by atoms with Gasteiger partial charge in [-0.15, -0.1) is 0 Å². The summed E-state index contributed by atoms with van der Waals surface area (Å²) in [6, 6.07) is 1.84. The summed E-state index contributed by atoms with van der Waals surface area (Å²) < 4.78 is 5.10. The van der Waals surface area contributed by atoms with Crippen molar-refractivity contribution < 1.29 is 9.84 Å². The number of aliphatic hydroxyl groups excluding tert-OH is 1. The topological polar surface area (TPSA) is 45.6 Å². The molecule has 1 aliphatic rings. The molecule has 1 N–H and O–H groups in total. The van der Waals surface area contributed by atoms with Crippen LogP contribution in [0.25, 0.3) is 0 Å². The molecule has 0 aliphatic carbocycles. The third kappa shape index (κ3) is 2.64. The van der Waals surface area contributed by atoms with Gasteiger partial charge in [-0.1, -0.05) is 18.5 Å². The molecule has 0 saturated carbocycles. The molecule has 4 nitrogen and oxygen atoms in total. The van der Waals surface area contributed by atoms with Gasteiger partial charge in [0.05, 0.1) is 30.1 Å². The summed E-state index contributed by atoms with van der Waals surface area (Å²) >= 11 is 6.15. The summed E-state index contributed by atoms with van der Waals surface area (Å²) in [5, 5.41) is 10.3. The minimum absolute atomic E-state index is 0.214. The van der Waals surface area contributed by atoms with Gasteiger partial charge in [-0.2, -0.15) is 0 Å². The maximum atomic E-state index is 9.72. The molecule has 0 spiro atoms. The number of rotatable bonds is 2.